The first kappa shape index (κ1) is 18.9. The van der Waals surface area contributed by atoms with Crippen LogP contribution >= 0.6 is 11.3 Å². The van der Waals surface area contributed by atoms with Crippen LogP contribution in [0.5, 0.6) is 0 Å². The van der Waals surface area contributed by atoms with Gasteiger partial charge in [-0.25, -0.2) is 0 Å². The van der Waals surface area contributed by atoms with Crippen LogP contribution in [0.3, 0.4) is 0 Å². The van der Waals surface area contributed by atoms with E-state index in [1.807, 2.05) is 11.3 Å². The second kappa shape index (κ2) is 8.58. The summed E-state index contributed by atoms with van der Waals surface area (Å²) in [5, 5.41) is 13.5. The molecule has 132 valence electrons. The zero-order valence-electron chi connectivity index (χ0n) is 15.0. The Hall–Kier alpha value is -0.460. The fourth-order valence-corrected chi connectivity index (χ4v) is 4.00. The molecule has 1 aromatic heterocycles. The predicted octanol–water partition coefficient (Wildman–Crippen LogP) is 2.61. The maximum absolute atomic E-state index is 9.81. The van der Waals surface area contributed by atoms with E-state index in [1.54, 1.807) is 7.11 Å². The molecule has 1 aromatic rings. The lowest BCUT2D eigenvalue weighted by Gasteiger charge is -2.33. The highest BCUT2D eigenvalue weighted by molar-refractivity contribution is 7.12. The molecule has 1 aliphatic rings. The minimum absolute atomic E-state index is 0.247. The van der Waals surface area contributed by atoms with Crippen molar-refractivity contribution < 1.29 is 9.84 Å². The summed E-state index contributed by atoms with van der Waals surface area (Å²) >= 11 is 1.92. The molecule has 2 N–H and O–H groups in total. The van der Waals surface area contributed by atoms with Gasteiger partial charge >= 0.3 is 0 Å². The number of likely N-dealkylation sites (tertiary alicyclic amines) is 1. The van der Waals surface area contributed by atoms with Crippen molar-refractivity contribution in [3.8, 4) is 0 Å². The van der Waals surface area contributed by atoms with Crippen molar-refractivity contribution in [2.24, 2.45) is 0 Å². The maximum atomic E-state index is 9.81. The van der Waals surface area contributed by atoms with Crippen molar-refractivity contribution in [2.45, 2.75) is 57.7 Å². The van der Waals surface area contributed by atoms with Crippen LogP contribution in [0.1, 0.15) is 43.4 Å². The third-order valence-electron chi connectivity index (χ3n) is 4.38. The summed E-state index contributed by atoms with van der Waals surface area (Å²) in [7, 11) is 1.63. The number of aliphatic hydroxyl groups is 1. The van der Waals surface area contributed by atoms with Gasteiger partial charge in [0.2, 0.25) is 0 Å². The van der Waals surface area contributed by atoms with Gasteiger partial charge in [0.15, 0.2) is 0 Å². The molecule has 0 radical (unpaired) electrons. The molecule has 5 heteroatoms. The van der Waals surface area contributed by atoms with Gasteiger partial charge in [0, 0.05) is 36.0 Å². The summed E-state index contributed by atoms with van der Waals surface area (Å²) in [4.78, 5) is 5.22. The van der Waals surface area contributed by atoms with Crippen molar-refractivity contribution in [3.63, 3.8) is 0 Å². The number of β-amino-alcohol motifs (C(OH)–C–C–N with tert-alkyl or cyclic N) is 1. The van der Waals surface area contributed by atoms with Crippen LogP contribution in [-0.2, 0) is 16.7 Å². The standard InChI is InChI=1S/C18H32N2O2S/c1-18(2,3)17-6-5-16(23-17)11-19-14-7-9-20(10-8-14)12-15(21)13-22-4/h5-6,14-15,19,21H,7-13H2,1-4H3. The van der Waals surface area contributed by atoms with Crippen LogP contribution in [-0.4, -0.2) is 55.5 Å². The molecule has 0 aliphatic carbocycles. The third-order valence-corrected chi connectivity index (χ3v) is 5.89. The second-order valence-corrected chi connectivity index (χ2v) is 8.75. The Morgan fingerprint density at radius 2 is 2.04 bits per heavy atom. The lowest BCUT2D eigenvalue weighted by Crippen LogP contribution is -2.45. The first-order valence-corrected chi connectivity index (χ1v) is 9.42. The Morgan fingerprint density at radius 3 is 2.61 bits per heavy atom. The Balaban J connectivity index is 1.69. The Morgan fingerprint density at radius 1 is 1.35 bits per heavy atom. The molecule has 0 amide bonds. The Labute approximate surface area is 144 Å². The van der Waals surface area contributed by atoms with Gasteiger partial charge in [0.05, 0.1) is 12.7 Å². The van der Waals surface area contributed by atoms with Gasteiger partial charge < -0.3 is 20.1 Å². The first-order valence-electron chi connectivity index (χ1n) is 8.60. The van der Waals surface area contributed by atoms with Crippen molar-refractivity contribution in [2.75, 3.05) is 33.4 Å². The van der Waals surface area contributed by atoms with E-state index in [4.69, 9.17) is 4.74 Å². The molecule has 1 atom stereocenters. The van der Waals surface area contributed by atoms with E-state index >= 15 is 0 Å². The van der Waals surface area contributed by atoms with Crippen LogP contribution in [0.15, 0.2) is 12.1 Å². The number of thiophene rings is 1. The lowest BCUT2D eigenvalue weighted by molar-refractivity contribution is 0.0310. The SMILES string of the molecule is COCC(O)CN1CCC(NCc2ccc(C(C)(C)C)s2)CC1. The van der Waals surface area contributed by atoms with Gasteiger partial charge in [-0.05, 0) is 43.5 Å². The van der Waals surface area contributed by atoms with E-state index in [9.17, 15) is 5.11 Å². The molecule has 0 spiro atoms. The highest BCUT2D eigenvalue weighted by atomic mass is 32.1. The van der Waals surface area contributed by atoms with Gasteiger partial charge in [-0.15, -0.1) is 11.3 Å². The summed E-state index contributed by atoms with van der Waals surface area (Å²) in [6.07, 6.45) is 1.93. The fourth-order valence-electron chi connectivity index (χ4n) is 2.98. The number of rotatable bonds is 7. The van der Waals surface area contributed by atoms with Crippen molar-refractivity contribution in [3.05, 3.63) is 21.9 Å². The van der Waals surface area contributed by atoms with Crippen LogP contribution in [0.2, 0.25) is 0 Å². The smallest absolute Gasteiger partial charge is 0.0900 e. The predicted molar refractivity (Wildman–Crippen MR) is 97.2 cm³/mol. The molecule has 1 unspecified atom stereocenters. The maximum Gasteiger partial charge on any atom is 0.0900 e. The number of piperidine rings is 1. The highest BCUT2D eigenvalue weighted by Gasteiger charge is 2.21. The average Bonchev–Trinajstić information content (AvgIpc) is 2.96. The largest absolute Gasteiger partial charge is 0.389 e. The number of methoxy groups -OCH3 is 1. The summed E-state index contributed by atoms with van der Waals surface area (Å²) in [5.74, 6) is 0. The van der Waals surface area contributed by atoms with E-state index in [-0.39, 0.29) is 11.5 Å². The minimum Gasteiger partial charge on any atom is -0.389 e. The Bertz CT molecular complexity index is 462. The van der Waals surface area contributed by atoms with E-state index in [1.165, 1.54) is 9.75 Å². The first-order chi connectivity index (χ1) is 10.9. The lowest BCUT2D eigenvalue weighted by atomic mass is 9.95. The van der Waals surface area contributed by atoms with Crippen molar-refractivity contribution in [1.29, 1.82) is 0 Å². The van der Waals surface area contributed by atoms with E-state index in [0.29, 0.717) is 12.6 Å². The Kier molecular flexibility index (Phi) is 7.04. The third kappa shape index (κ3) is 6.16. The molecule has 0 saturated carbocycles. The van der Waals surface area contributed by atoms with Gasteiger partial charge in [0.1, 0.15) is 0 Å². The summed E-state index contributed by atoms with van der Waals surface area (Å²) in [6, 6.07) is 5.11. The van der Waals surface area contributed by atoms with Gasteiger partial charge in [-0.2, -0.15) is 0 Å². The van der Waals surface area contributed by atoms with Gasteiger partial charge in [-0.1, -0.05) is 20.8 Å². The van der Waals surface area contributed by atoms with E-state index < -0.39 is 0 Å². The van der Waals surface area contributed by atoms with E-state index in [2.05, 4.69) is 43.1 Å². The van der Waals surface area contributed by atoms with Crippen LogP contribution in [0, 0.1) is 0 Å². The number of ether oxygens (including phenoxy) is 1. The topological polar surface area (TPSA) is 44.7 Å². The summed E-state index contributed by atoms with van der Waals surface area (Å²) < 4.78 is 4.99. The molecule has 1 saturated heterocycles. The monoisotopic (exact) mass is 340 g/mol. The number of hydrogen-bond acceptors (Lipinski definition) is 5. The quantitative estimate of drug-likeness (QED) is 0.801. The minimum atomic E-state index is -0.369. The zero-order valence-corrected chi connectivity index (χ0v) is 15.8. The molecule has 0 aromatic carbocycles. The molecular formula is C18H32N2O2S. The van der Waals surface area contributed by atoms with Gasteiger partial charge in [-0.3, -0.25) is 0 Å². The van der Waals surface area contributed by atoms with Crippen molar-refractivity contribution >= 4 is 11.3 Å². The number of nitrogens with zero attached hydrogens (tertiary/aromatic N) is 1. The zero-order chi connectivity index (χ0) is 16.9. The molecule has 2 rings (SSSR count). The highest BCUT2D eigenvalue weighted by Crippen LogP contribution is 2.29. The fraction of sp³-hybridized carbons (Fsp3) is 0.778. The molecule has 4 nitrogen and oxygen atoms in total. The normalized spacial score (nSPS) is 19.2. The molecule has 0 bridgehead atoms. The molecule has 1 aliphatic heterocycles. The molecule has 23 heavy (non-hydrogen) atoms. The summed E-state index contributed by atoms with van der Waals surface area (Å²) in [6.45, 7) is 11.0. The molecular weight excluding hydrogens is 308 g/mol. The number of nitrogens with one attached hydrogen (secondary N) is 1. The van der Waals surface area contributed by atoms with Crippen LogP contribution in [0.4, 0.5) is 0 Å². The molecule has 2 heterocycles. The van der Waals surface area contributed by atoms with Crippen LogP contribution in [0.25, 0.3) is 0 Å². The second-order valence-electron chi connectivity index (χ2n) is 7.58. The van der Waals surface area contributed by atoms with Gasteiger partial charge in [0.25, 0.3) is 0 Å². The number of hydrogen-bond donors (Lipinski definition) is 2. The molecule has 1 fully saturated rings. The average molecular weight is 341 g/mol. The van der Waals surface area contributed by atoms with E-state index in [0.717, 1.165) is 39.0 Å². The van der Waals surface area contributed by atoms with Crippen LogP contribution < -0.4 is 5.32 Å². The van der Waals surface area contributed by atoms with Crippen molar-refractivity contribution in [1.82, 2.24) is 10.2 Å². The summed E-state index contributed by atoms with van der Waals surface area (Å²) in [5.41, 5.74) is 0.247. The number of aliphatic hydroxyl groups excluding tert-OH is 1.